The van der Waals surface area contributed by atoms with Gasteiger partial charge >= 0.3 is 0 Å². The molecular weight excluding hydrogens is 228 g/mol. The third-order valence-corrected chi connectivity index (χ3v) is 3.32. The van der Waals surface area contributed by atoms with Crippen molar-refractivity contribution in [2.24, 2.45) is 5.73 Å². The molecule has 1 fully saturated rings. The van der Waals surface area contributed by atoms with Crippen LogP contribution in [0.15, 0.2) is 24.3 Å². The molecule has 0 unspecified atom stereocenters. The zero-order chi connectivity index (χ0) is 13.1. The molecule has 1 atom stereocenters. The number of aromatic hydroxyl groups is 1. The topological polar surface area (TPSA) is 66.6 Å². The van der Waals surface area contributed by atoms with E-state index in [2.05, 4.69) is 0 Å². The fourth-order valence-corrected chi connectivity index (χ4v) is 2.17. The normalized spacial score (nSPS) is 16.3. The van der Waals surface area contributed by atoms with Crippen LogP contribution in [0.25, 0.3) is 0 Å². The van der Waals surface area contributed by atoms with E-state index in [4.69, 9.17) is 5.73 Å². The number of rotatable bonds is 5. The number of carbonyl (C=O) groups excluding carboxylic acids is 1. The van der Waals surface area contributed by atoms with Gasteiger partial charge in [-0.15, -0.1) is 0 Å². The molecule has 3 N–H and O–H groups in total. The van der Waals surface area contributed by atoms with E-state index in [9.17, 15) is 9.90 Å². The van der Waals surface area contributed by atoms with Gasteiger partial charge in [0.05, 0.1) is 6.04 Å². The van der Waals surface area contributed by atoms with Gasteiger partial charge in [0.15, 0.2) is 0 Å². The van der Waals surface area contributed by atoms with Crippen LogP contribution in [0.3, 0.4) is 0 Å². The van der Waals surface area contributed by atoms with Gasteiger partial charge in [0.1, 0.15) is 5.75 Å². The number of amides is 1. The van der Waals surface area contributed by atoms with Crippen molar-refractivity contribution < 1.29 is 9.90 Å². The first kappa shape index (κ1) is 12.9. The van der Waals surface area contributed by atoms with Crippen LogP contribution in [0.5, 0.6) is 5.75 Å². The van der Waals surface area contributed by atoms with Gasteiger partial charge in [0.2, 0.25) is 5.91 Å². The first-order chi connectivity index (χ1) is 8.61. The van der Waals surface area contributed by atoms with Gasteiger partial charge in [-0.25, -0.2) is 0 Å². The first-order valence-corrected chi connectivity index (χ1v) is 6.45. The lowest BCUT2D eigenvalue weighted by Gasteiger charge is -2.24. The number of benzene rings is 1. The number of hydrogen-bond donors (Lipinski definition) is 2. The standard InChI is InChI=1S/C14H20N2O2/c1-2-16(11-5-6-11)14(18)13(15)9-10-3-7-12(17)8-4-10/h3-4,7-8,11,13,17H,2,5-6,9,15H2,1H3/t13-/m0/s1. The molecule has 4 heteroatoms. The second-order valence-electron chi connectivity index (χ2n) is 4.83. The van der Waals surface area contributed by atoms with Crippen LogP contribution in [-0.2, 0) is 11.2 Å². The maximum Gasteiger partial charge on any atom is 0.240 e. The average molecular weight is 248 g/mol. The van der Waals surface area contributed by atoms with Crippen molar-refractivity contribution in [2.45, 2.75) is 38.3 Å². The molecule has 0 bridgehead atoms. The van der Waals surface area contributed by atoms with E-state index < -0.39 is 6.04 Å². The van der Waals surface area contributed by atoms with Gasteiger partial charge in [-0.3, -0.25) is 4.79 Å². The lowest BCUT2D eigenvalue weighted by molar-refractivity contribution is -0.132. The number of nitrogens with two attached hydrogens (primary N) is 1. The van der Waals surface area contributed by atoms with Crippen LogP contribution >= 0.6 is 0 Å². The van der Waals surface area contributed by atoms with Crippen LogP contribution in [-0.4, -0.2) is 34.5 Å². The molecule has 1 aliphatic rings. The summed E-state index contributed by atoms with van der Waals surface area (Å²) in [6.07, 6.45) is 2.72. The predicted molar refractivity (Wildman–Crippen MR) is 70.2 cm³/mol. The number of carbonyl (C=O) groups is 1. The molecule has 1 aliphatic carbocycles. The van der Waals surface area contributed by atoms with E-state index >= 15 is 0 Å². The Labute approximate surface area is 107 Å². The molecule has 2 rings (SSSR count). The van der Waals surface area contributed by atoms with Crippen LogP contribution in [0.1, 0.15) is 25.3 Å². The van der Waals surface area contributed by atoms with Crippen molar-refractivity contribution >= 4 is 5.91 Å². The zero-order valence-electron chi connectivity index (χ0n) is 10.7. The Balaban J connectivity index is 1.96. The van der Waals surface area contributed by atoms with Crippen molar-refractivity contribution in [3.05, 3.63) is 29.8 Å². The molecule has 0 radical (unpaired) electrons. The molecule has 0 spiro atoms. The smallest absolute Gasteiger partial charge is 0.240 e. The van der Waals surface area contributed by atoms with Gasteiger partial charge in [-0.05, 0) is 43.9 Å². The molecule has 0 saturated heterocycles. The largest absolute Gasteiger partial charge is 0.508 e. The molecule has 4 nitrogen and oxygen atoms in total. The highest BCUT2D eigenvalue weighted by molar-refractivity contribution is 5.82. The Kier molecular flexibility index (Phi) is 3.87. The highest BCUT2D eigenvalue weighted by atomic mass is 16.3. The molecule has 0 aromatic heterocycles. The zero-order valence-corrected chi connectivity index (χ0v) is 10.7. The number of phenolic OH excluding ortho intramolecular Hbond substituents is 1. The minimum Gasteiger partial charge on any atom is -0.508 e. The summed E-state index contributed by atoms with van der Waals surface area (Å²) in [6.45, 7) is 2.72. The summed E-state index contributed by atoms with van der Waals surface area (Å²) in [4.78, 5) is 14.1. The van der Waals surface area contributed by atoms with Gasteiger partial charge < -0.3 is 15.7 Å². The lowest BCUT2D eigenvalue weighted by Crippen LogP contribution is -2.45. The Bertz CT molecular complexity index is 412. The lowest BCUT2D eigenvalue weighted by atomic mass is 10.1. The van der Waals surface area contributed by atoms with Crippen molar-refractivity contribution in [1.82, 2.24) is 4.90 Å². The van der Waals surface area contributed by atoms with Gasteiger partial charge in [-0.2, -0.15) is 0 Å². The summed E-state index contributed by atoms with van der Waals surface area (Å²) in [5.41, 5.74) is 6.95. The fourth-order valence-electron chi connectivity index (χ4n) is 2.17. The van der Waals surface area contributed by atoms with E-state index in [0.717, 1.165) is 24.9 Å². The maximum absolute atomic E-state index is 12.2. The summed E-state index contributed by atoms with van der Waals surface area (Å²) < 4.78 is 0. The predicted octanol–water partition coefficient (Wildman–Crippen LogP) is 1.27. The molecule has 1 aromatic rings. The molecule has 98 valence electrons. The summed E-state index contributed by atoms with van der Waals surface area (Å²) >= 11 is 0. The SMILES string of the molecule is CCN(C(=O)[C@@H](N)Cc1ccc(O)cc1)C1CC1. The van der Waals surface area contributed by atoms with Crippen LogP contribution in [0.2, 0.25) is 0 Å². The van der Waals surface area contributed by atoms with Crippen LogP contribution in [0, 0.1) is 0 Å². The molecule has 0 heterocycles. The first-order valence-electron chi connectivity index (χ1n) is 6.45. The summed E-state index contributed by atoms with van der Waals surface area (Å²) in [5, 5.41) is 9.20. The third kappa shape index (κ3) is 3.01. The number of nitrogens with zero attached hydrogens (tertiary/aromatic N) is 1. The van der Waals surface area contributed by atoms with Crippen molar-refractivity contribution in [2.75, 3.05) is 6.54 Å². The quantitative estimate of drug-likeness (QED) is 0.824. The second-order valence-corrected chi connectivity index (χ2v) is 4.83. The van der Waals surface area contributed by atoms with Crippen molar-refractivity contribution in [1.29, 1.82) is 0 Å². The molecule has 18 heavy (non-hydrogen) atoms. The molecular formula is C14H20N2O2. The third-order valence-electron chi connectivity index (χ3n) is 3.32. The molecule has 1 aromatic carbocycles. The van der Waals surface area contributed by atoms with E-state index in [0.29, 0.717) is 12.5 Å². The van der Waals surface area contributed by atoms with Crippen LogP contribution < -0.4 is 5.73 Å². The van der Waals surface area contributed by atoms with Crippen molar-refractivity contribution in [3.63, 3.8) is 0 Å². The van der Waals surface area contributed by atoms with Gasteiger partial charge in [-0.1, -0.05) is 12.1 Å². The fraction of sp³-hybridized carbons (Fsp3) is 0.500. The average Bonchev–Trinajstić information content (AvgIpc) is 3.17. The summed E-state index contributed by atoms with van der Waals surface area (Å²) in [7, 11) is 0. The van der Waals surface area contributed by atoms with Gasteiger partial charge in [0, 0.05) is 12.6 Å². The molecule has 1 saturated carbocycles. The maximum atomic E-state index is 12.2. The second kappa shape index (κ2) is 5.40. The Hall–Kier alpha value is -1.55. The van der Waals surface area contributed by atoms with E-state index in [1.165, 1.54) is 0 Å². The monoisotopic (exact) mass is 248 g/mol. The highest BCUT2D eigenvalue weighted by Crippen LogP contribution is 2.27. The van der Waals surface area contributed by atoms with E-state index in [1.807, 2.05) is 11.8 Å². The minimum atomic E-state index is -0.491. The molecule has 0 aliphatic heterocycles. The minimum absolute atomic E-state index is 0.0353. The van der Waals surface area contributed by atoms with Gasteiger partial charge in [0.25, 0.3) is 0 Å². The number of likely N-dealkylation sites (N-methyl/N-ethyl adjacent to an activating group) is 1. The van der Waals surface area contributed by atoms with E-state index in [-0.39, 0.29) is 11.7 Å². The molecule has 1 amide bonds. The van der Waals surface area contributed by atoms with Crippen molar-refractivity contribution in [3.8, 4) is 5.75 Å². The Morgan fingerprint density at radius 3 is 2.56 bits per heavy atom. The number of hydrogen-bond acceptors (Lipinski definition) is 3. The Morgan fingerprint density at radius 2 is 2.06 bits per heavy atom. The highest BCUT2D eigenvalue weighted by Gasteiger charge is 2.33. The van der Waals surface area contributed by atoms with E-state index in [1.54, 1.807) is 24.3 Å². The number of phenols is 1. The summed E-state index contributed by atoms with van der Waals surface area (Å²) in [5.74, 6) is 0.264. The summed E-state index contributed by atoms with van der Waals surface area (Å²) in [6, 6.07) is 6.75. The van der Waals surface area contributed by atoms with Crippen LogP contribution in [0.4, 0.5) is 0 Å². The Morgan fingerprint density at radius 1 is 1.44 bits per heavy atom.